The van der Waals surface area contributed by atoms with Crippen LogP contribution in [0.1, 0.15) is 6.42 Å². The number of rotatable bonds is 9. The minimum atomic E-state index is -0.417. The van der Waals surface area contributed by atoms with Gasteiger partial charge in [0.1, 0.15) is 11.6 Å². The van der Waals surface area contributed by atoms with Gasteiger partial charge in [-0.3, -0.25) is 9.69 Å². The van der Waals surface area contributed by atoms with Crippen LogP contribution in [0.3, 0.4) is 0 Å². The molecule has 1 heterocycles. The molecule has 0 atom stereocenters. The molecule has 0 unspecified atom stereocenters. The van der Waals surface area contributed by atoms with E-state index in [-0.39, 0.29) is 5.57 Å². The molecule has 2 N–H and O–H groups in total. The fraction of sp³-hybridized carbons (Fsp3) is 0.304. The quantitative estimate of drug-likeness (QED) is 0.366. The zero-order valence-electron chi connectivity index (χ0n) is 16.8. The van der Waals surface area contributed by atoms with Gasteiger partial charge in [-0.25, -0.2) is 0 Å². The lowest BCUT2D eigenvalue weighted by Gasteiger charge is -2.26. The van der Waals surface area contributed by atoms with Gasteiger partial charge in [0, 0.05) is 35.6 Å². The van der Waals surface area contributed by atoms with Crippen LogP contribution < -0.4 is 10.6 Å². The molecule has 6 nitrogen and oxygen atoms in total. The summed E-state index contributed by atoms with van der Waals surface area (Å²) >= 11 is 1.57. The number of morpholine rings is 1. The number of nitriles is 1. The number of para-hydroxylation sites is 1. The smallest absolute Gasteiger partial charge is 0.267 e. The van der Waals surface area contributed by atoms with E-state index in [4.69, 9.17) is 4.74 Å². The highest BCUT2D eigenvalue weighted by Gasteiger charge is 2.13. The lowest BCUT2D eigenvalue weighted by molar-refractivity contribution is -0.112. The first-order chi connectivity index (χ1) is 14.8. The Bertz CT molecular complexity index is 890. The average Bonchev–Trinajstić information content (AvgIpc) is 2.79. The maximum Gasteiger partial charge on any atom is 0.267 e. The van der Waals surface area contributed by atoms with Gasteiger partial charge >= 0.3 is 0 Å². The van der Waals surface area contributed by atoms with Crippen LogP contribution in [0.4, 0.5) is 5.69 Å². The van der Waals surface area contributed by atoms with Gasteiger partial charge in [-0.1, -0.05) is 42.1 Å². The monoisotopic (exact) mass is 422 g/mol. The molecule has 1 fully saturated rings. The molecule has 1 amide bonds. The maximum atomic E-state index is 12.6. The third-order valence-corrected chi connectivity index (χ3v) is 5.70. The second-order valence-electron chi connectivity index (χ2n) is 6.80. The first kappa shape index (κ1) is 21.9. The molecule has 0 radical (unpaired) electrons. The molecular weight excluding hydrogens is 396 g/mol. The lowest BCUT2D eigenvalue weighted by Crippen LogP contribution is -2.37. The summed E-state index contributed by atoms with van der Waals surface area (Å²) in [6, 6.07) is 19.5. The molecule has 1 aliphatic rings. The molecule has 0 aromatic heterocycles. The van der Waals surface area contributed by atoms with Gasteiger partial charge in [-0.05, 0) is 37.2 Å². The Kier molecular flexibility index (Phi) is 8.79. The van der Waals surface area contributed by atoms with Crippen LogP contribution >= 0.6 is 11.8 Å². The summed E-state index contributed by atoms with van der Waals surface area (Å²) in [7, 11) is 0. The number of nitrogens with zero attached hydrogens (tertiary/aromatic N) is 2. The summed E-state index contributed by atoms with van der Waals surface area (Å²) in [4.78, 5) is 16.9. The van der Waals surface area contributed by atoms with Crippen molar-refractivity contribution in [3.8, 4) is 6.07 Å². The van der Waals surface area contributed by atoms with Crippen LogP contribution in [0.25, 0.3) is 0 Å². The van der Waals surface area contributed by atoms with Gasteiger partial charge in [-0.15, -0.1) is 0 Å². The van der Waals surface area contributed by atoms with E-state index in [0.29, 0.717) is 12.2 Å². The van der Waals surface area contributed by atoms with Crippen LogP contribution in [0.5, 0.6) is 0 Å². The number of carbonyl (C=O) groups is 1. The number of carbonyl (C=O) groups excluding carboxylic acids is 1. The number of amides is 1. The molecule has 0 saturated carbocycles. The van der Waals surface area contributed by atoms with E-state index in [1.807, 2.05) is 60.7 Å². The Labute approximate surface area is 181 Å². The van der Waals surface area contributed by atoms with Gasteiger partial charge in [0.15, 0.2) is 0 Å². The van der Waals surface area contributed by atoms with Crippen LogP contribution in [0.15, 0.2) is 76.2 Å². The number of ether oxygens (including phenoxy) is 1. The van der Waals surface area contributed by atoms with Gasteiger partial charge in [-0.2, -0.15) is 5.26 Å². The van der Waals surface area contributed by atoms with Crippen LogP contribution in [-0.2, 0) is 9.53 Å². The van der Waals surface area contributed by atoms with E-state index >= 15 is 0 Å². The minimum absolute atomic E-state index is 0.0564. The second kappa shape index (κ2) is 12.0. The molecular formula is C23H26N4O2S. The Hall–Kier alpha value is -2.79. The van der Waals surface area contributed by atoms with Crippen molar-refractivity contribution in [2.75, 3.05) is 44.7 Å². The molecule has 3 rings (SSSR count). The zero-order valence-corrected chi connectivity index (χ0v) is 17.7. The average molecular weight is 423 g/mol. The Balaban J connectivity index is 1.52. The topological polar surface area (TPSA) is 77.4 Å². The molecule has 156 valence electrons. The highest BCUT2D eigenvalue weighted by molar-refractivity contribution is 7.99. The summed E-state index contributed by atoms with van der Waals surface area (Å²) in [6.45, 7) is 5.18. The van der Waals surface area contributed by atoms with E-state index in [1.165, 1.54) is 6.20 Å². The van der Waals surface area contributed by atoms with Crippen molar-refractivity contribution in [2.24, 2.45) is 0 Å². The van der Waals surface area contributed by atoms with Gasteiger partial charge in [0.05, 0.1) is 18.9 Å². The van der Waals surface area contributed by atoms with Crippen molar-refractivity contribution in [3.05, 3.63) is 66.4 Å². The Morgan fingerprint density at radius 2 is 1.87 bits per heavy atom. The predicted molar refractivity (Wildman–Crippen MR) is 119 cm³/mol. The minimum Gasteiger partial charge on any atom is -0.390 e. The summed E-state index contributed by atoms with van der Waals surface area (Å²) < 4.78 is 5.34. The first-order valence-corrected chi connectivity index (χ1v) is 10.8. The molecule has 1 saturated heterocycles. The fourth-order valence-corrected chi connectivity index (χ4v) is 3.94. The normalized spacial score (nSPS) is 14.7. The van der Waals surface area contributed by atoms with E-state index in [1.54, 1.807) is 11.8 Å². The van der Waals surface area contributed by atoms with Gasteiger partial charge in [0.25, 0.3) is 5.91 Å². The fourth-order valence-electron chi connectivity index (χ4n) is 3.02. The van der Waals surface area contributed by atoms with Gasteiger partial charge < -0.3 is 15.4 Å². The Morgan fingerprint density at radius 1 is 1.13 bits per heavy atom. The van der Waals surface area contributed by atoms with Crippen LogP contribution in [-0.4, -0.2) is 50.2 Å². The summed E-state index contributed by atoms with van der Waals surface area (Å²) in [5.41, 5.74) is 0.741. The predicted octanol–water partition coefficient (Wildman–Crippen LogP) is 3.50. The third-order valence-electron chi connectivity index (χ3n) is 4.62. The van der Waals surface area contributed by atoms with E-state index in [2.05, 4.69) is 15.5 Å². The van der Waals surface area contributed by atoms with Crippen molar-refractivity contribution in [3.63, 3.8) is 0 Å². The second-order valence-corrected chi connectivity index (χ2v) is 7.91. The Morgan fingerprint density at radius 3 is 2.63 bits per heavy atom. The van der Waals surface area contributed by atoms with E-state index in [9.17, 15) is 10.1 Å². The standard InChI is InChI=1S/C23H26N4O2S/c24-17-19(18-25-11-6-12-27-13-15-29-16-14-27)23(28)26-21-9-4-5-10-22(21)30-20-7-2-1-3-8-20/h1-5,7-10,18,25H,6,11-16H2,(H,26,28)/b19-18-. The third kappa shape index (κ3) is 6.92. The highest BCUT2D eigenvalue weighted by Crippen LogP contribution is 2.33. The van der Waals surface area contributed by atoms with Crippen LogP contribution in [0, 0.1) is 11.3 Å². The van der Waals surface area contributed by atoms with Crippen molar-refractivity contribution in [1.82, 2.24) is 10.2 Å². The van der Waals surface area contributed by atoms with Crippen molar-refractivity contribution in [1.29, 1.82) is 5.26 Å². The largest absolute Gasteiger partial charge is 0.390 e. The molecule has 2 aromatic rings. The number of hydrogen-bond acceptors (Lipinski definition) is 6. The number of benzene rings is 2. The van der Waals surface area contributed by atoms with E-state index < -0.39 is 5.91 Å². The highest BCUT2D eigenvalue weighted by atomic mass is 32.2. The molecule has 1 aliphatic heterocycles. The first-order valence-electron chi connectivity index (χ1n) is 10.0. The van der Waals surface area contributed by atoms with E-state index in [0.717, 1.165) is 49.1 Å². The molecule has 0 spiro atoms. The zero-order chi connectivity index (χ0) is 21.0. The molecule has 0 bridgehead atoms. The number of anilines is 1. The molecule has 30 heavy (non-hydrogen) atoms. The molecule has 0 aliphatic carbocycles. The lowest BCUT2D eigenvalue weighted by atomic mass is 10.2. The SMILES string of the molecule is N#C/C(=C/NCCCN1CCOCC1)C(=O)Nc1ccccc1Sc1ccccc1. The van der Waals surface area contributed by atoms with Gasteiger partial charge in [0.2, 0.25) is 0 Å². The number of hydrogen-bond donors (Lipinski definition) is 2. The van der Waals surface area contributed by atoms with Crippen molar-refractivity contribution >= 4 is 23.4 Å². The maximum absolute atomic E-state index is 12.6. The summed E-state index contributed by atoms with van der Waals surface area (Å²) in [5, 5.41) is 15.3. The molecule has 2 aromatic carbocycles. The molecule has 7 heteroatoms. The van der Waals surface area contributed by atoms with Crippen LogP contribution in [0.2, 0.25) is 0 Å². The van der Waals surface area contributed by atoms with Crippen molar-refractivity contribution < 1.29 is 9.53 Å². The number of nitrogens with one attached hydrogen (secondary N) is 2. The summed E-state index contributed by atoms with van der Waals surface area (Å²) in [6.07, 6.45) is 2.44. The van der Waals surface area contributed by atoms with Crippen molar-refractivity contribution in [2.45, 2.75) is 16.2 Å². The summed E-state index contributed by atoms with van der Waals surface area (Å²) in [5.74, 6) is -0.417.